The number of carbonyl (C=O) groups is 2. The molecule has 160 valence electrons. The number of imide groups is 1. The van der Waals surface area contributed by atoms with E-state index in [9.17, 15) is 18.0 Å². The van der Waals surface area contributed by atoms with E-state index in [-0.39, 0.29) is 18.1 Å². The standard InChI is InChI=1S/C19H28N4O5S/c1-2-28-17-6-4-3-5-16(17)23-10-8-22(9-11-23)13-18(24)21-19(25)20-15-7-12-29(26,27)14-15/h3-6,15H,2,7-14H2,1H3,(H2,20,21,24,25). The Kier molecular flexibility index (Phi) is 6.96. The van der Waals surface area contributed by atoms with E-state index >= 15 is 0 Å². The summed E-state index contributed by atoms with van der Waals surface area (Å²) >= 11 is 0. The van der Waals surface area contributed by atoms with Gasteiger partial charge in [-0.3, -0.25) is 15.0 Å². The number of hydrogen-bond donors (Lipinski definition) is 2. The van der Waals surface area contributed by atoms with Crippen LogP contribution < -0.4 is 20.3 Å². The number of ether oxygens (including phenoxy) is 1. The Morgan fingerprint density at radius 3 is 2.55 bits per heavy atom. The van der Waals surface area contributed by atoms with Crippen LogP contribution in [-0.4, -0.2) is 82.1 Å². The summed E-state index contributed by atoms with van der Waals surface area (Å²) < 4.78 is 28.6. The third kappa shape index (κ3) is 6.07. The van der Waals surface area contributed by atoms with E-state index in [0.717, 1.165) is 24.5 Å². The van der Waals surface area contributed by atoms with Crippen molar-refractivity contribution in [2.75, 3.05) is 55.7 Å². The highest BCUT2D eigenvalue weighted by molar-refractivity contribution is 7.91. The van der Waals surface area contributed by atoms with Crippen molar-refractivity contribution < 1.29 is 22.7 Å². The van der Waals surface area contributed by atoms with Gasteiger partial charge in [-0.2, -0.15) is 0 Å². The maximum absolute atomic E-state index is 12.1. The highest BCUT2D eigenvalue weighted by Gasteiger charge is 2.29. The summed E-state index contributed by atoms with van der Waals surface area (Å²) in [6.45, 7) is 5.57. The Balaban J connectivity index is 1.42. The van der Waals surface area contributed by atoms with Crippen LogP contribution in [0.25, 0.3) is 0 Å². The zero-order valence-corrected chi connectivity index (χ0v) is 17.4. The van der Waals surface area contributed by atoms with E-state index < -0.39 is 27.8 Å². The Morgan fingerprint density at radius 2 is 1.90 bits per heavy atom. The Bertz CT molecular complexity index is 837. The molecule has 2 N–H and O–H groups in total. The molecule has 0 spiro atoms. The molecule has 2 saturated heterocycles. The number of nitrogens with one attached hydrogen (secondary N) is 2. The van der Waals surface area contributed by atoms with Gasteiger partial charge < -0.3 is 15.0 Å². The zero-order chi connectivity index (χ0) is 20.9. The number of urea groups is 1. The number of hydrogen-bond acceptors (Lipinski definition) is 7. The van der Waals surface area contributed by atoms with Gasteiger partial charge in [0.1, 0.15) is 5.75 Å². The molecule has 0 aliphatic carbocycles. The van der Waals surface area contributed by atoms with Gasteiger partial charge in [0.15, 0.2) is 9.84 Å². The number of benzene rings is 1. The number of anilines is 1. The number of sulfone groups is 1. The van der Waals surface area contributed by atoms with Crippen LogP contribution in [0.3, 0.4) is 0 Å². The SMILES string of the molecule is CCOc1ccccc1N1CCN(CC(=O)NC(=O)NC2CCS(=O)(=O)C2)CC1. The number of rotatable bonds is 6. The molecule has 9 nitrogen and oxygen atoms in total. The lowest BCUT2D eigenvalue weighted by Gasteiger charge is -2.36. The lowest BCUT2D eigenvalue weighted by Crippen LogP contribution is -2.52. The maximum atomic E-state index is 12.1. The molecule has 1 aromatic carbocycles. The Morgan fingerprint density at radius 1 is 1.17 bits per heavy atom. The predicted octanol–water partition coefficient (Wildman–Crippen LogP) is 0.220. The third-order valence-electron chi connectivity index (χ3n) is 5.07. The highest BCUT2D eigenvalue weighted by atomic mass is 32.2. The van der Waals surface area contributed by atoms with Crippen molar-refractivity contribution in [2.45, 2.75) is 19.4 Å². The monoisotopic (exact) mass is 424 g/mol. The average molecular weight is 425 g/mol. The number of carbonyl (C=O) groups excluding carboxylic acids is 2. The first-order valence-electron chi connectivity index (χ1n) is 9.86. The fourth-order valence-electron chi connectivity index (χ4n) is 3.64. The summed E-state index contributed by atoms with van der Waals surface area (Å²) in [5, 5.41) is 4.85. The van der Waals surface area contributed by atoms with Crippen molar-refractivity contribution in [3.63, 3.8) is 0 Å². The van der Waals surface area contributed by atoms with E-state index in [0.29, 0.717) is 26.1 Å². The van der Waals surface area contributed by atoms with Gasteiger partial charge in [-0.1, -0.05) is 12.1 Å². The molecule has 1 aromatic rings. The van der Waals surface area contributed by atoms with Crippen molar-refractivity contribution in [1.82, 2.24) is 15.5 Å². The molecular formula is C19H28N4O5S. The molecule has 0 radical (unpaired) electrons. The minimum Gasteiger partial charge on any atom is -0.492 e. The maximum Gasteiger partial charge on any atom is 0.321 e. The molecule has 2 fully saturated rings. The first-order chi connectivity index (χ1) is 13.9. The molecule has 2 heterocycles. The average Bonchev–Trinajstić information content (AvgIpc) is 3.01. The molecule has 3 amide bonds. The molecule has 1 atom stereocenters. The number of piperazine rings is 1. The first-order valence-corrected chi connectivity index (χ1v) is 11.7. The van der Waals surface area contributed by atoms with E-state index in [2.05, 4.69) is 15.5 Å². The summed E-state index contributed by atoms with van der Waals surface area (Å²) in [4.78, 5) is 28.3. The van der Waals surface area contributed by atoms with Crippen molar-refractivity contribution in [3.05, 3.63) is 24.3 Å². The lowest BCUT2D eigenvalue weighted by atomic mass is 10.2. The van der Waals surface area contributed by atoms with E-state index in [1.807, 2.05) is 36.1 Å². The van der Waals surface area contributed by atoms with Crippen molar-refractivity contribution in [2.24, 2.45) is 0 Å². The fraction of sp³-hybridized carbons (Fsp3) is 0.579. The molecule has 2 aliphatic rings. The van der Waals surface area contributed by atoms with Crippen LogP contribution in [0.2, 0.25) is 0 Å². The normalized spacial score (nSPS) is 21.6. The van der Waals surface area contributed by atoms with Crippen LogP contribution in [-0.2, 0) is 14.6 Å². The van der Waals surface area contributed by atoms with Gasteiger partial charge in [0.25, 0.3) is 0 Å². The van der Waals surface area contributed by atoms with Gasteiger partial charge in [-0.15, -0.1) is 0 Å². The summed E-state index contributed by atoms with van der Waals surface area (Å²) in [7, 11) is -3.08. The van der Waals surface area contributed by atoms with Crippen molar-refractivity contribution >= 4 is 27.5 Å². The quantitative estimate of drug-likeness (QED) is 0.673. The molecule has 0 saturated carbocycles. The largest absolute Gasteiger partial charge is 0.492 e. The van der Waals surface area contributed by atoms with Crippen LogP contribution in [0.15, 0.2) is 24.3 Å². The van der Waals surface area contributed by atoms with Crippen molar-refractivity contribution in [1.29, 1.82) is 0 Å². The van der Waals surface area contributed by atoms with Gasteiger partial charge in [-0.25, -0.2) is 13.2 Å². The second-order valence-corrected chi connectivity index (χ2v) is 9.51. The minimum absolute atomic E-state index is 0.0697. The Labute approximate surface area is 171 Å². The van der Waals surface area contributed by atoms with E-state index in [1.54, 1.807) is 0 Å². The smallest absolute Gasteiger partial charge is 0.321 e. The molecular weight excluding hydrogens is 396 g/mol. The lowest BCUT2D eigenvalue weighted by molar-refractivity contribution is -0.121. The van der Waals surface area contributed by atoms with Gasteiger partial charge in [-0.05, 0) is 25.5 Å². The molecule has 2 aliphatic heterocycles. The summed E-state index contributed by atoms with van der Waals surface area (Å²) in [5.74, 6) is 0.459. The van der Waals surface area contributed by atoms with Crippen LogP contribution in [0.1, 0.15) is 13.3 Å². The van der Waals surface area contributed by atoms with E-state index in [1.165, 1.54) is 0 Å². The fourth-order valence-corrected chi connectivity index (χ4v) is 5.32. The third-order valence-corrected chi connectivity index (χ3v) is 6.83. The highest BCUT2D eigenvalue weighted by Crippen LogP contribution is 2.28. The second kappa shape index (κ2) is 9.45. The van der Waals surface area contributed by atoms with Crippen LogP contribution in [0.5, 0.6) is 5.75 Å². The van der Waals surface area contributed by atoms with Crippen LogP contribution in [0.4, 0.5) is 10.5 Å². The zero-order valence-electron chi connectivity index (χ0n) is 16.6. The summed E-state index contributed by atoms with van der Waals surface area (Å²) in [6, 6.07) is 6.84. The van der Waals surface area contributed by atoms with Gasteiger partial charge in [0.05, 0.1) is 30.3 Å². The number of amides is 3. The van der Waals surface area contributed by atoms with Crippen LogP contribution in [0, 0.1) is 0 Å². The predicted molar refractivity (Wildman–Crippen MR) is 110 cm³/mol. The van der Waals surface area contributed by atoms with Crippen molar-refractivity contribution in [3.8, 4) is 5.75 Å². The first kappa shape index (κ1) is 21.4. The molecule has 0 bridgehead atoms. The second-order valence-electron chi connectivity index (χ2n) is 7.29. The van der Waals surface area contributed by atoms with Gasteiger partial charge >= 0.3 is 6.03 Å². The molecule has 29 heavy (non-hydrogen) atoms. The molecule has 10 heteroatoms. The molecule has 3 rings (SSSR count). The minimum atomic E-state index is -3.08. The topological polar surface area (TPSA) is 108 Å². The summed E-state index contributed by atoms with van der Waals surface area (Å²) in [5.41, 5.74) is 1.05. The summed E-state index contributed by atoms with van der Waals surface area (Å²) in [6.07, 6.45) is 0.384. The molecule has 1 unspecified atom stereocenters. The number of nitrogens with zero attached hydrogens (tertiary/aromatic N) is 2. The van der Waals surface area contributed by atoms with Gasteiger partial charge in [0.2, 0.25) is 5.91 Å². The molecule has 0 aromatic heterocycles. The number of para-hydroxylation sites is 2. The van der Waals surface area contributed by atoms with Crippen LogP contribution >= 0.6 is 0 Å². The Hall–Kier alpha value is -2.33. The van der Waals surface area contributed by atoms with E-state index in [4.69, 9.17) is 4.74 Å². The van der Waals surface area contributed by atoms with Gasteiger partial charge in [0, 0.05) is 32.2 Å².